The van der Waals surface area contributed by atoms with E-state index in [1.165, 1.54) is 0 Å². The molecule has 5 heteroatoms. The van der Waals surface area contributed by atoms with Crippen LogP contribution >= 0.6 is 0 Å². The van der Waals surface area contributed by atoms with Gasteiger partial charge in [0.05, 0.1) is 5.56 Å². The maximum absolute atomic E-state index is 13.0. The Morgan fingerprint density at radius 2 is 2.12 bits per heavy atom. The summed E-state index contributed by atoms with van der Waals surface area (Å²) in [5, 5.41) is 9.04. The Labute approximate surface area is 143 Å². The lowest BCUT2D eigenvalue weighted by Crippen LogP contribution is -2.35. The Morgan fingerprint density at radius 3 is 2.83 bits per heavy atom. The van der Waals surface area contributed by atoms with Gasteiger partial charge in [-0.05, 0) is 38.0 Å². The first-order valence-electron chi connectivity index (χ1n) is 8.91. The molecule has 2 aliphatic rings. The van der Waals surface area contributed by atoms with Crippen LogP contribution in [-0.2, 0) is 6.42 Å². The van der Waals surface area contributed by atoms with E-state index >= 15 is 0 Å². The van der Waals surface area contributed by atoms with Gasteiger partial charge in [-0.1, -0.05) is 13.8 Å². The molecule has 1 N–H and O–H groups in total. The number of carbonyl (C=O) groups excluding carboxylic acids is 2. The van der Waals surface area contributed by atoms with Crippen molar-refractivity contribution < 1.29 is 19.1 Å². The van der Waals surface area contributed by atoms with Crippen molar-refractivity contribution in [2.45, 2.75) is 65.3 Å². The monoisotopic (exact) mass is 333 g/mol. The molecule has 1 unspecified atom stereocenters. The summed E-state index contributed by atoms with van der Waals surface area (Å²) in [6.45, 7) is 6.80. The maximum atomic E-state index is 13.0. The molecule has 0 bridgehead atoms. The third kappa shape index (κ3) is 3.02. The van der Waals surface area contributed by atoms with Crippen LogP contribution in [0.2, 0.25) is 0 Å². The van der Waals surface area contributed by atoms with E-state index < -0.39 is 0 Å². The quantitative estimate of drug-likeness (QED) is 0.919. The molecule has 1 aliphatic carbocycles. The Kier molecular flexibility index (Phi) is 4.56. The molecule has 24 heavy (non-hydrogen) atoms. The fourth-order valence-corrected chi connectivity index (χ4v) is 4.15. The third-order valence-corrected chi connectivity index (χ3v) is 5.30. The van der Waals surface area contributed by atoms with E-state index in [1.807, 2.05) is 11.8 Å². The summed E-state index contributed by atoms with van der Waals surface area (Å²) in [4.78, 5) is 27.3. The van der Waals surface area contributed by atoms with E-state index in [2.05, 4.69) is 13.8 Å². The van der Waals surface area contributed by atoms with Crippen LogP contribution in [0.15, 0.2) is 4.42 Å². The van der Waals surface area contributed by atoms with Crippen molar-refractivity contribution in [2.75, 3.05) is 13.2 Å². The first-order valence-corrected chi connectivity index (χ1v) is 8.91. The minimum Gasteiger partial charge on any atom is -0.455 e. The van der Waals surface area contributed by atoms with Crippen LogP contribution in [0.5, 0.6) is 0 Å². The predicted molar refractivity (Wildman–Crippen MR) is 90.3 cm³/mol. The Hall–Kier alpha value is -1.62. The zero-order valence-electron chi connectivity index (χ0n) is 14.9. The molecular formula is C19H27NO4. The third-order valence-electron chi connectivity index (χ3n) is 5.30. The summed E-state index contributed by atoms with van der Waals surface area (Å²) in [5.74, 6) is 0.984. The van der Waals surface area contributed by atoms with Crippen molar-refractivity contribution in [3.8, 4) is 0 Å². The summed E-state index contributed by atoms with van der Waals surface area (Å²) >= 11 is 0. The number of aliphatic hydroxyl groups excluding tert-OH is 1. The number of fused-ring (bicyclic) bond motifs is 1. The summed E-state index contributed by atoms with van der Waals surface area (Å²) in [5.41, 5.74) is 1.21. The minimum atomic E-state index is -0.119. The van der Waals surface area contributed by atoms with Crippen LogP contribution in [0.4, 0.5) is 0 Å². The molecule has 1 aromatic heterocycles. The molecule has 2 heterocycles. The van der Waals surface area contributed by atoms with Crippen LogP contribution in [0.25, 0.3) is 0 Å². The normalized spacial score (nSPS) is 22.8. The second-order valence-electron chi connectivity index (χ2n) is 7.96. The molecule has 1 aliphatic heterocycles. The van der Waals surface area contributed by atoms with Crippen molar-refractivity contribution >= 4 is 11.7 Å². The van der Waals surface area contributed by atoms with Crippen molar-refractivity contribution in [1.29, 1.82) is 0 Å². The predicted octanol–water partition coefficient (Wildman–Crippen LogP) is 3.12. The number of ketones is 1. The molecule has 0 radical (unpaired) electrons. The highest BCUT2D eigenvalue weighted by molar-refractivity contribution is 6.03. The highest BCUT2D eigenvalue weighted by Crippen LogP contribution is 2.39. The Balaban J connectivity index is 1.88. The summed E-state index contributed by atoms with van der Waals surface area (Å²) in [7, 11) is 0. The molecule has 1 aromatic rings. The standard InChI is InChI=1S/C19H27NO4/c1-12-16-14(22)10-19(2,3)11-15(16)24-17(12)18(23)20-8-4-6-13(20)7-5-9-21/h13,21H,4-11H2,1-3H3. The molecule has 0 spiro atoms. The number of nitrogens with zero attached hydrogens (tertiary/aromatic N) is 1. The molecule has 5 nitrogen and oxygen atoms in total. The van der Waals surface area contributed by atoms with E-state index in [-0.39, 0.29) is 29.8 Å². The zero-order valence-corrected chi connectivity index (χ0v) is 14.9. The fourth-order valence-electron chi connectivity index (χ4n) is 4.15. The van der Waals surface area contributed by atoms with Gasteiger partial charge in [-0.15, -0.1) is 0 Å². The molecule has 3 rings (SSSR count). The minimum absolute atomic E-state index is 0.0832. The number of hydrogen-bond donors (Lipinski definition) is 1. The Morgan fingerprint density at radius 1 is 1.38 bits per heavy atom. The van der Waals surface area contributed by atoms with Crippen LogP contribution in [0.3, 0.4) is 0 Å². The lowest BCUT2D eigenvalue weighted by atomic mass is 9.76. The van der Waals surface area contributed by atoms with E-state index in [9.17, 15) is 9.59 Å². The summed E-state index contributed by atoms with van der Waals surface area (Å²) in [6, 6.07) is 0.165. The second-order valence-corrected chi connectivity index (χ2v) is 7.96. The van der Waals surface area contributed by atoms with Gasteiger partial charge in [-0.2, -0.15) is 0 Å². The van der Waals surface area contributed by atoms with E-state index in [0.717, 1.165) is 25.8 Å². The molecule has 132 valence electrons. The number of amides is 1. The topological polar surface area (TPSA) is 70.8 Å². The average molecular weight is 333 g/mol. The maximum Gasteiger partial charge on any atom is 0.290 e. The number of furan rings is 1. The molecule has 1 saturated heterocycles. The van der Waals surface area contributed by atoms with Crippen LogP contribution in [0.1, 0.15) is 78.2 Å². The van der Waals surface area contributed by atoms with Crippen LogP contribution < -0.4 is 0 Å². The number of likely N-dealkylation sites (tertiary alicyclic amines) is 1. The van der Waals surface area contributed by atoms with Crippen molar-refractivity contribution in [3.63, 3.8) is 0 Å². The highest BCUT2D eigenvalue weighted by atomic mass is 16.4. The van der Waals surface area contributed by atoms with Gasteiger partial charge in [-0.25, -0.2) is 0 Å². The van der Waals surface area contributed by atoms with Gasteiger partial charge in [0.25, 0.3) is 5.91 Å². The zero-order chi connectivity index (χ0) is 17.5. The molecule has 0 aromatic carbocycles. The lowest BCUT2D eigenvalue weighted by molar-refractivity contribution is 0.0686. The van der Waals surface area contributed by atoms with Gasteiger partial charge < -0.3 is 14.4 Å². The average Bonchev–Trinajstić information content (AvgIpc) is 3.08. The number of Topliss-reactive ketones (excluding diaryl/α,β-unsaturated/α-hetero) is 1. The van der Waals surface area contributed by atoms with Gasteiger partial charge in [-0.3, -0.25) is 9.59 Å². The summed E-state index contributed by atoms with van der Waals surface area (Å²) < 4.78 is 5.91. The van der Waals surface area contributed by atoms with Crippen molar-refractivity contribution in [3.05, 3.63) is 22.6 Å². The van der Waals surface area contributed by atoms with E-state index in [1.54, 1.807) is 0 Å². The van der Waals surface area contributed by atoms with Gasteiger partial charge in [0.1, 0.15) is 5.76 Å². The number of aliphatic hydroxyl groups is 1. The Bertz CT molecular complexity index is 659. The van der Waals surface area contributed by atoms with E-state index in [4.69, 9.17) is 9.52 Å². The largest absolute Gasteiger partial charge is 0.455 e. The first kappa shape index (κ1) is 17.2. The SMILES string of the molecule is Cc1c(C(=O)N2CCCC2CCCO)oc2c1C(=O)CC(C)(C)C2. The van der Waals surface area contributed by atoms with Gasteiger partial charge >= 0.3 is 0 Å². The van der Waals surface area contributed by atoms with Gasteiger partial charge in [0.2, 0.25) is 0 Å². The van der Waals surface area contributed by atoms with Crippen LogP contribution in [0, 0.1) is 12.3 Å². The summed E-state index contributed by atoms with van der Waals surface area (Å²) in [6.07, 6.45) is 4.65. The van der Waals surface area contributed by atoms with Crippen molar-refractivity contribution in [2.24, 2.45) is 5.41 Å². The number of hydrogen-bond acceptors (Lipinski definition) is 4. The molecule has 1 atom stereocenters. The highest BCUT2D eigenvalue weighted by Gasteiger charge is 2.39. The number of carbonyl (C=O) groups is 2. The lowest BCUT2D eigenvalue weighted by Gasteiger charge is -2.27. The van der Waals surface area contributed by atoms with Crippen LogP contribution in [-0.4, -0.2) is 40.9 Å². The second kappa shape index (κ2) is 6.36. The molecule has 1 fully saturated rings. The first-order chi connectivity index (χ1) is 11.3. The van der Waals surface area contributed by atoms with E-state index in [0.29, 0.717) is 41.9 Å². The number of rotatable bonds is 4. The molecule has 0 saturated carbocycles. The van der Waals surface area contributed by atoms with Crippen molar-refractivity contribution in [1.82, 2.24) is 4.90 Å². The van der Waals surface area contributed by atoms with Gasteiger partial charge in [0, 0.05) is 37.6 Å². The fraction of sp³-hybridized carbons (Fsp3) is 0.684. The smallest absolute Gasteiger partial charge is 0.290 e. The molecular weight excluding hydrogens is 306 g/mol. The van der Waals surface area contributed by atoms with Gasteiger partial charge in [0.15, 0.2) is 11.5 Å². The molecule has 1 amide bonds.